The van der Waals surface area contributed by atoms with Crippen molar-refractivity contribution in [2.45, 2.75) is 20.8 Å². The van der Waals surface area contributed by atoms with E-state index in [0.717, 1.165) is 16.7 Å². The Hall–Kier alpha value is -2.17. The van der Waals surface area contributed by atoms with Crippen LogP contribution in [0.15, 0.2) is 18.2 Å². The summed E-state index contributed by atoms with van der Waals surface area (Å²) < 4.78 is 5.27. The molecule has 0 fully saturated rings. The number of aromatic nitrogens is 3. The average Bonchev–Trinajstić information content (AvgIpc) is 2.27. The number of aryl methyl sites for hydroxylation is 2. The fraction of sp³-hybridized carbons (Fsp3) is 0.308. The van der Waals surface area contributed by atoms with Gasteiger partial charge in [0, 0.05) is 5.56 Å². The Balaban J connectivity index is 2.49. The van der Waals surface area contributed by atoms with Crippen LogP contribution >= 0.6 is 0 Å². The minimum atomic E-state index is 0.169. The van der Waals surface area contributed by atoms with Crippen LogP contribution in [0.2, 0.25) is 0 Å². The summed E-state index contributed by atoms with van der Waals surface area (Å²) in [6, 6.07) is 6.38. The molecule has 2 aromatic rings. The van der Waals surface area contributed by atoms with Crippen molar-refractivity contribution < 1.29 is 4.74 Å². The summed E-state index contributed by atoms with van der Waals surface area (Å²) >= 11 is 0. The second-order valence-corrected chi connectivity index (χ2v) is 4.11. The highest BCUT2D eigenvalue weighted by Crippen LogP contribution is 2.20. The highest BCUT2D eigenvalue weighted by atomic mass is 16.5. The van der Waals surface area contributed by atoms with Crippen LogP contribution in [0.5, 0.6) is 6.01 Å². The van der Waals surface area contributed by atoms with Crippen LogP contribution in [-0.4, -0.2) is 21.6 Å². The van der Waals surface area contributed by atoms with Crippen LogP contribution in [0.25, 0.3) is 11.4 Å². The molecule has 0 bridgehead atoms. The second kappa shape index (κ2) is 5.00. The Labute approximate surface area is 106 Å². The molecule has 2 N–H and O–H groups in total. The van der Waals surface area contributed by atoms with Crippen molar-refractivity contribution in [2.24, 2.45) is 0 Å². The van der Waals surface area contributed by atoms with E-state index in [4.69, 9.17) is 10.5 Å². The minimum absolute atomic E-state index is 0.169. The van der Waals surface area contributed by atoms with E-state index in [-0.39, 0.29) is 12.0 Å². The predicted octanol–water partition coefficient (Wildman–Crippen LogP) is 2.14. The lowest BCUT2D eigenvalue weighted by atomic mass is 10.1. The average molecular weight is 244 g/mol. The van der Waals surface area contributed by atoms with Gasteiger partial charge in [-0.15, -0.1) is 0 Å². The van der Waals surface area contributed by atoms with Gasteiger partial charge in [-0.1, -0.05) is 17.2 Å². The number of nitrogens with two attached hydrogens (primary N) is 1. The summed E-state index contributed by atoms with van der Waals surface area (Å²) in [6.45, 7) is 6.43. The van der Waals surface area contributed by atoms with Gasteiger partial charge in [0.05, 0.1) is 6.61 Å². The lowest BCUT2D eigenvalue weighted by Crippen LogP contribution is -2.04. The molecule has 0 aliphatic heterocycles. The molecule has 1 aromatic heterocycles. The van der Waals surface area contributed by atoms with E-state index in [1.165, 1.54) is 0 Å². The van der Waals surface area contributed by atoms with Gasteiger partial charge in [-0.2, -0.15) is 15.0 Å². The van der Waals surface area contributed by atoms with Crippen LogP contribution in [-0.2, 0) is 0 Å². The maximum Gasteiger partial charge on any atom is 0.321 e. The van der Waals surface area contributed by atoms with E-state index >= 15 is 0 Å². The quantitative estimate of drug-likeness (QED) is 0.895. The molecule has 0 radical (unpaired) electrons. The topological polar surface area (TPSA) is 73.9 Å². The predicted molar refractivity (Wildman–Crippen MR) is 70.3 cm³/mol. The summed E-state index contributed by atoms with van der Waals surface area (Å²) in [7, 11) is 0. The number of anilines is 1. The fourth-order valence-corrected chi connectivity index (χ4v) is 1.80. The SMILES string of the molecule is CCOc1nc(N)nc(-c2cc(C)cc(C)c2)n1. The summed E-state index contributed by atoms with van der Waals surface area (Å²) in [5.74, 6) is 0.709. The third-order valence-electron chi connectivity index (χ3n) is 2.39. The molecule has 0 aliphatic carbocycles. The van der Waals surface area contributed by atoms with E-state index in [0.29, 0.717) is 12.4 Å². The van der Waals surface area contributed by atoms with Gasteiger partial charge < -0.3 is 10.5 Å². The van der Waals surface area contributed by atoms with Gasteiger partial charge in [-0.25, -0.2) is 0 Å². The van der Waals surface area contributed by atoms with Gasteiger partial charge in [0.2, 0.25) is 5.95 Å². The molecule has 0 spiro atoms. The number of hydrogen-bond donors (Lipinski definition) is 1. The smallest absolute Gasteiger partial charge is 0.321 e. The van der Waals surface area contributed by atoms with Crippen molar-refractivity contribution in [1.82, 2.24) is 15.0 Å². The molecule has 5 nitrogen and oxygen atoms in total. The number of nitrogen functional groups attached to an aromatic ring is 1. The summed E-state index contributed by atoms with van der Waals surface area (Å²) in [5.41, 5.74) is 8.89. The van der Waals surface area contributed by atoms with Crippen molar-refractivity contribution in [3.63, 3.8) is 0 Å². The number of ether oxygens (including phenoxy) is 1. The molecule has 0 atom stereocenters. The van der Waals surface area contributed by atoms with Gasteiger partial charge >= 0.3 is 6.01 Å². The first-order valence-corrected chi connectivity index (χ1v) is 5.81. The van der Waals surface area contributed by atoms with Crippen LogP contribution in [0.3, 0.4) is 0 Å². The molecular weight excluding hydrogens is 228 g/mol. The molecule has 0 aliphatic rings. The van der Waals surface area contributed by atoms with E-state index in [2.05, 4.69) is 21.0 Å². The van der Waals surface area contributed by atoms with E-state index in [9.17, 15) is 0 Å². The van der Waals surface area contributed by atoms with Gasteiger partial charge in [0.1, 0.15) is 0 Å². The first-order valence-electron chi connectivity index (χ1n) is 5.81. The molecule has 0 saturated heterocycles. The van der Waals surface area contributed by atoms with Crippen molar-refractivity contribution in [2.75, 3.05) is 12.3 Å². The van der Waals surface area contributed by atoms with Crippen LogP contribution in [0.4, 0.5) is 5.95 Å². The van der Waals surface area contributed by atoms with Crippen molar-refractivity contribution in [3.05, 3.63) is 29.3 Å². The Morgan fingerprint density at radius 1 is 1.06 bits per heavy atom. The van der Waals surface area contributed by atoms with Crippen LogP contribution in [0, 0.1) is 13.8 Å². The number of benzene rings is 1. The lowest BCUT2D eigenvalue weighted by molar-refractivity contribution is 0.312. The third-order valence-corrected chi connectivity index (χ3v) is 2.39. The normalized spacial score (nSPS) is 10.4. The van der Waals surface area contributed by atoms with Gasteiger partial charge in [-0.05, 0) is 32.9 Å². The number of hydrogen-bond acceptors (Lipinski definition) is 5. The first-order chi connectivity index (χ1) is 8.58. The molecule has 18 heavy (non-hydrogen) atoms. The minimum Gasteiger partial charge on any atom is -0.464 e. The molecule has 94 valence electrons. The molecule has 5 heteroatoms. The second-order valence-electron chi connectivity index (χ2n) is 4.11. The lowest BCUT2D eigenvalue weighted by Gasteiger charge is -2.06. The molecule has 2 rings (SSSR count). The molecule has 0 unspecified atom stereocenters. The van der Waals surface area contributed by atoms with Crippen LogP contribution < -0.4 is 10.5 Å². The third kappa shape index (κ3) is 2.74. The Kier molecular flexibility index (Phi) is 3.41. The fourth-order valence-electron chi connectivity index (χ4n) is 1.80. The Morgan fingerprint density at radius 2 is 1.72 bits per heavy atom. The van der Waals surface area contributed by atoms with Crippen molar-refractivity contribution in [1.29, 1.82) is 0 Å². The summed E-state index contributed by atoms with van der Waals surface area (Å²) in [5, 5.41) is 0. The molecule has 1 heterocycles. The molecule has 0 saturated carbocycles. The number of rotatable bonds is 3. The maximum atomic E-state index is 5.66. The van der Waals surface area contributed by atoms with Gasteiger partial charge in [0.25, 0.3) is 0 Å². The maximum absolute atomic E-state index is 5.66. The first kappa shape index (κ1) is 12.3. The largest absolute Gasteiger partial charge is 0.464 e. The van der Waals surface area contributed by atoms with E-state index in [1.54, 1.807) is 0 Å². The zero-order valence-electron chi connectivity index (χ0n) is 10.8. The number of nitrogens with zero attached hydrogens (tertiary/aromatic N) is 3. The van der Waals surface area contributed by atoms with Crippen molar-refractivity contribution in [3.8, 4) is 17.4 Å². The molecule has 0 amide bonds. The zero-order valence-corrected chi connectivity index (χ0v) is 10.8. The standard InChI is InChI=1S/C13H16N4O/c1-4-18-13-16-11(15-12(14)17-13)10-6-8(2)5-9(3)7-10/h5-7H,4H2,1-3H3,(H2,14,15,16,17). The molecular formula is C13H16N4O. The van der Waals surface area contributed by atoms with Crippen molar-refractivity contribution >= 4 is 5.95 Å². The Morgan fingerprint density at radius 3 is 2.33 bits per heavy atom. The van der Waals surface area contributed by atoms with Gasteiger partial charge in [-0.3, -0.25) is 0 Å². The van der Waals surface area contributed by atoms with Gasteiger partial charge in [0.15, 0.2) is 5.82 Å². The summed E-state index contributed by atoms with van der Waals surface area (Å²) in [4.78, 5) is 12.3. The highest BCUT2D eigenvalue weighted by molar-refractivity contribution is 5.58. The zero-order chi connectivity index (χ0) is 13.1. The monoisotopic (exact) mass is 244 g/mol. The highest BCUT2D eigenvalue weighted by Gasteiger charge is 2.08. The molecule has 1 aromatic carbocycles. The summed E-state index contributed by atoms with van der Waals surface area (Å²) in [6.07, 6.45) is 0. The Bertz CT molecular complexity index is 549. The van der Waals surface area contributed by atoms with Crippen LogP contribution in [0.1, 0.15) is 18.1 Å². The van der Waals surface area contributed by atoms with E-state index in [1.807, 2.05) is 32.9 Å². The van der Waals surface area contributed by atoms with E-state index < -0.39 is 0 Å².